The van der Waals surface area contributed by atoms with Gasteiger partial charge in [-0.1, -0.05) is 20.3 Å². The van der Waals surface area contributed by atoms with Crippen molar-refractivity contribution < 1.29 is 14.7 Å². The molecule has 0 spiro atoms. The van der Waals surface area contributed by atoms with E-state index in [1.807, 2.05) is 33.3 Å². The SMILES string of the molecule is CCCCN1C(n2ccnc2)CCC(C(=O)Nc2cc(C)c(C)cc2C(=O)O)N1CC. The minimum Gasteiger partial charge on any atom is -0.478 e. The molecule has 8 heteroatoms. The normalized spacial score (nSPS) is 20.0. The number of carboxylic acids is 1. The zero-order chi connectivity index (χ0) is 22.5. The van der Waals surface area contributed by atoms with E-state index in [-0.39, 0.29) is 23.7 Å². The average molecular weight is 428 g/mol. The van der Waals surface area contributed by atoms with Crippen LogP contribution in [0.1, 0.15) is 67.2 Å². The topological polar surface area (TPSA) is 90.7 Å². The molecule has 8 nitrogen and oxygen atoms in total. The van der Waals surface area contributed by atoms with Gasteiger partial charge >= 0.3 is 5.97 Å². The number of carbonyl (C=O) groups is 2. The van der Waals surface area contributed by atoms with E-state index in [0.717, 1.165) is 36.9 Å². The lowest BCUT2D eigenvalue weighted by molar-refractivity contribution is -0.160. The number of likely N-dealkylation sites (N-methyl/N-ethyl adjacent to an activating group) is 1. The minimum atomic E-state index is -1.04. The van der Waals surface area contributed by atoms with E-state index in [9.17, 15) is 14.7 Å². The summed E-state index contributed by atoms with van der Waals surface area (Å²) in [5, 5.41) is 16.9. The Morgan fingerprint density at radius 1 is 1.16 bits per heavy atom. The first-order valence-electron chi connectivity index (χ1n) is 11.0. The van der Waals surface area contributed by atoms with Crippen molar-refractivity contribution in [1.82, 2.24) is 19.6 Å². The van der Waals surface area contributed by atoms with Crippen LogP contribution in [0.4, 0.5) is 5.69 Å². The monoisotopic (exact) mass is 427 g/mol. The van der Waals surface area contributed by atoms with Gasteiger partial charge in [-0.3, -0.25) is 4.79 Å². The fourth-order valence-electron chi connectivity index (χ4n) is 4.28. The molecule has 2 unspecified atom stereocenters. The number of anilines is 1. The number of amides is 1. The Labute approximate surface area is 183 Å². The van der Waals surface area contributed by atoms with Crippen LogP contribution in [0.3, 0.4) is 0 Å². The molecule has 2 atom stereocenters. The van der Waals surface area contributed by atoms with Crippen molar-refractivity contribution >= 4 is 17.6 Å². The van der Waals surface area contributed by atoms with Gasteiger partial charge in [-0.2, -0.15) is 0 Å². The van der Waals surface area contributed by atoms with E-state index in [0.29, 0.717) is 18.7 Å². The molecule has 2 N–H and O–H groups in total. The number of aromatic carboxylic acids is 1. The quantitative estimate of drug-likeness (QED) is 0.665. The van der Waals surface area contributed by atoms with Crippen LogP contribution in [-0.2, 0) is 4.79 Å². The van der Waals surface area contributed by atoms with Crippen LogP contribution in [0.5, 0.6) is 0 Å². The predicted octanol–water partition coefficient (Wildman–Crippen LogP) is 3.84. The second-order valence-electron chi connectivity index (χ2n) is 8.13. The molecule has 31 heavy (non-hydrogen) atoms. The molecule has 1 aliphatic heterocycles. The zero-order valence-corrected chi connectivity index (χ0v) is 18.8. The maximum atomic E-state index is 13.3. The van der Waals surface area contributed by atoms with Crippen LogP contribution in [0.15, 0.2) is 30.9 Å². The fraction of sp³-hybridized carbons (Fsp3) is 0.522. The highest BCUT2D eigenvalue weighted by Gasteiger charge is 2.38. The molecule has 0 radical (unpaired) electrons. The summed E-state index contributed by atoms with van der Waals surface area (Å²) in [7, 11) is 0. The van der Waals surface area contributed by atoms with Gasteiger partial charge in [0.05, 0.1) is 17.6 Å². The van der Waals surface area contributed by atoms with E-state index in [1.165, 1.54) is 0 Å². The van der Waals surface area contributed by atoms with Crippen molar-refractivity contribution in [2.75, 3.05) is 18.4 Å². The number of aromatic nitrogens is 2. The molecule has 1 amide bonds. The number of imidazole rings is 1. The predicted molar refractivity (Wildman–Crippen MR) is 120 cm³/mol. The molecule has 0 saturated carbocycles. The van der Waals surface area contributed by atoms with Gasteiger partial charge in [0.1, 0.15) is 12.2 Å². The summed E-state index contributed by atoms with van der Waals surface area (Å²) in [5.74, 6) is -1.21. The number of benzene rings is 1. The highest BCUT2D eigenvalue weighted by molar-refractivity contribution is 6.02. The number of carbonyl (C=O) groups excluding carboxylic acids is 1. The zero-order valence-electron chi connectivity index (χ0n) is 18.8. The molecule has 3 rings (SSSR count). The van der Waals surface area contributed by atoms with Crippen molar-refractivity contribution in [2.24, 2.45) is 0 Å². The van der Waals surface area contributed by atoms with Crippen molar-refractivity contribution in [3.05, 3.63) is 47.5 Å². The lowest BCUT2D eigenvalue weighted by atomic mass is 10.0. The van der Waals surface area contributed by atoms with Crippen LogP contribution in [-0.4, -0.2) is 55.7 Å². The highest BCUT2D eigenvalue weighted by Crippen LogP contribution is 2.32. The Bertz CT molecular complexity index is 912. The number of hydrogen-bond donors (Lipinski definition) is 2. The third kappa shape index (κ3) is 4.97. The van der Waals surface area contributed by atoms with Crippen molar-refractivity contribution in [2.45, 2.75) is 65.6 Å². The third-order valence-electron chi connectivity index (χ3n) is 6.09. The summed E-state index contributed by atoms with van der Waals surface area (Å²) in [6.07, 6.45) is 9.27. The number of nitrogens with zero attached hydrogens (tertiary/aromatic N) is 4. The number of nitrogens with one attached hydrogen (secondary N) is 1. The number of unbranched alkanes of at least 4 members (excludes halogenated alkanes) is 1. The van der Waals surface area contributed by atoms with Crippen molar-refractivity contribution in [3.8, 4) is 0 Å². The summed E-state index contributed by atoms with van der Waals surface area (Å²) >= 11 is 0. The maximum Gasteiger partial charge on any atom is 0.337 e. The van der Waals surface area contributed by atoms with Gasteiger partial charge in [0.25, 0.3) is 0 Å². The summed E-state index contributed by atoms with van der Waals surface area (Å²) < 4.78 is 2.10. The molecule has 1 aliphatic rings. The minimum absolute atomic E-state index is 0.120. The summed E-state index contributed by atoms with van der Waals surface area (Å²) in [6.45, 7) is 9.53. The molecule has 0 bridgehead atoms. The molecule has 1 saturated heterocycles. The van der Waals surface area contributed by atoms with Crippen LogP contribution in [0.25, 0.3) is 0 Å². The van der Waals surface area contributed by atoms with Crippen LogP contribution in [0.2, 0.25) is 0 Å². The van der Waals surface area contributed by atoms with Gasteiger partial charge in [-0.25, -0.2) is 19.8 Å². The Hall–Kier alpha value is -2.71. The smallest absolute Gasteiger partial charge is 0.337 e. The van der Waals surface area contributed by atoms with Crippen LogP contribution < -0.4 is 5.32 Å². The first-order valence-corrected chi connectivity index (χ1v) is 11.0. The Kier molecular flexibility index (Phi) is 7.46. The van der Waals surface area contributed by atoms with Gasteiger partial charge in [0.15, 0.2) is 0 Å². The molecule has 1 aromatic heterocycles. The number of hydrazine groups is 1. The maximum absolute atomic E-state index is 13.3. The molecule has 0 aliphatic carbocycles. The van der Waals surface area contributed by atoms with Crippen molar-refractivity contribution in [1.29, 1.82) is 0 Å². The Morgan fingerprint density at radius 3 is 2.52 bits per heavy atom. The first-order chi connectivity index (χ1) is 14.9. The van der Waals surface area contributed by atoms with Crippen LogP contribution >= 0.6 is 0 Å². The Morgan fingerprint density at radius 2 is 1.90 bits per heavy atom. The molecular weight excluding hydrogens is 394 g/mol. The lowest BCUT2D eigenvalue weighted by Crippen LogP contribution is -2.58. The van der Waals surface area contributed by atoms with Gasteiger partial charge in [-0.05, 0) is 56.4 Å². The van der Waals surface area contributed by atoms with Gasteiger partial charge < -0.3 is 15.0 Å². The molecule has 1 fully saturated rings. The van der Waals surface area contributed by atoms with Gasteiger partial charge in [-0.15, -0.1) is 0 Å². The summed E-state index contributed by atoms with van der Waals surface area (Å²) in [4.78, 5) is 29.3. The van der Waals surface area contributed by atoms with E-state index in [1.54, 1.807) is 18.3 Å². The Balaban J connectivity index is 1.86. The number of carboxylic acid groups (broad SMARTS) is 1. The summed E-state index contributed by atoms with van der Waals surface area (Å²) in [5.41, 5.74) is 2.31. The molecule has 2 heterocycles. The van der Waals surface area contributed by atoms with E-state index >= 15 is 0 Å². The third-order valence-corrected chi connectivity index (χ3v) is 6.09. The van der Waals surface area contributed by atoms with E-state index in [2.05, 4.69) is 31.8 Å². The first kappa shape index (κ1) is 23.0. The number of rotatable bonds is 8. The summed E-state index contributed by atoms with van der Waals surface area (Å²) in [6, 6.07) is 3.01. The highest BCUT2D eigenvalue weighted by atomic mass is 16.4. The lowest BCUT2D eigenvalue weighted by Gasteiger charge is -2.48. The fourth-order valence-corrected chi connectivity index (χ4v) is 4.28. The molecule has 2 aromatic rings. The van der Waals surface area contributed by atoms with Gasteiger partial charge in [0.2, 0.25) is 5.91 Å². The number of hydrogen-bond acceptors (Lipinski definition) is 5. The van der Waals surface area contributed by atoms with E-state index < -0.39 is 5.97 Å². The second kappa shape index (κ2) is 10.1. The second-order valence-corrected chi connectivity index (χ2v) is 8.13. The van der Waals surface area contributed by atoms with Gasteiger partial charge in [0, 0.05) is 25.5 Å². The number of aryl methyl sites for hydroxylation is 2. The standard InChI is InChI=1S/C23H33N5O3/c1-5-7-11-28-21(26-12-10-24-15-26)9-8-20(27(28)6-2)22(29)25-19-14-17(4)16(3)13-18(19)23(30)31/h10,12-15,20-21H,5-9,11H2,1-4H3,(H,25,29)(H,30,31). The molecule has 1 aromatic carbocycles. The largest absolute Gasteiger partial charge is 0.478 e. The van der Waals surface area contributed by atoms with Crippen LogP contribution in [0, 0.1) is 13.8 Å². The average Bonchev–Trinajstić information content (AvgIpc) is 3.28. The molecular formula is C23H33N5O3. The van der Waals surface area contributed by atoms with E-state index in [4.69, 9.17) is 0 Å². The van der Waals surface area contributed by atoms with Crippen molar-refractivity contribution in [3.63, 3.8) is 0 Å². The molecule has 168 valence electrons.